The molecule has 2 rings (SSSR count). The molecule has 0 fully saturated rings. The first-order chi connectivity index (χ1) is 8.33. The van der Waals surface area contributed by atoms with Crippen molar-refractivity contribution in [1.29, 1.82) is 0 Å². The highest BCUT2D eigenvalue weighted by molar-refractivity contribution is 5.12. The van der Waals surface area contributed by atoms with E-state index in [2.05, 4.69) is 31.3 Å². The highest BCUT2D eigenvalue weighted by Gasteiger charge is 2.14. The van der Waals surface area contributed by atoms with Crippen LogP contribution in [0.1, 0.15) is 18.8 Å². The largest absolute Gasteiger partial charge is 0.297 e. The maximum atomic E-state index is 5.20. The highest BCUT2D eigenvalue weighted by atomic mass is 15.4. The van der Waals surface area contributed by atoms with Gasteiger partial charge in [0.05, 0.1) is 12.6 Å². The molecule has 2 heterocycles. The number of aromatic nitrogens is 5. The van der Waals surface area contributed by atoms with Gasteiger partial charge in [0.15, 0.2) is 5.82 Å². The minimum atomic E-state index is -0.0163. The van der Waals surface area contributed by atoms with Gasteiger partial charge in [-0.3, -0.25) is 5.32 Å². The average molecular weight is 228 g/mol. The van der Waals surface area contributed by atoms with E-state index in [9.17, 15) is 0 Å². The Morgan fingerprint density at radius 3 is 2.88 bits per heavy atom. The molecule has 2 aromatic heterocycles. The van der Waals surface area contributed by atoms with Gasteiger partial charge >= 0.3 is 0 Å². The molecule has 0 radical (unpaired) electrons. The molecule has 0 aliphatic carbocycles. The summed E-state index contributed by atoms with van der Waals surface area (Å²) < 4.78 is 1.59. The molecule has 86 valence electrons. The Kier molecular flexibility index (Phi) is 3.43. The summed E-state index contributed by atoms with van der Waals surface area (Å²) in [6.45, 7) is 2.43. The van der Waals surface area contributed by atoms with Crippen molar-refractivity contribution < 1.29 is 0 Å². The fourth-order valence-electron chi connectivity index (χ4n) is 1.40. The number of hydrogen-bond donors (Lipinski definition) is 1. The van der Waals surface area contributed by atoms with E-state index in [1.165, 1.54) is 6.33 Å². The first-order valence-corrected chi connectivity index (χ1v) is 5.17. The van der Waals surface area contributed by atoms with E-state index in [4.69, 9.17) is 6.42 Å². The zero-order chi connectivity index (χ0) is 12.1. The molecule has 1 N–H and O–H groups in total. The van der Waals surface area contributed by atoms with Crippen LogP contribution in [0.5, 0.6) is 0 Å². The third-order valence-electron chi connectivity index (χ3n) is 2.21. The van der Waals surface area contributed by atoms with Gasteiger partial charge in [-0.15, -0.1) is 6.42 Å². The number of nitrogens with one attached hydrogen (secondary N) is 1. The molecule has 0 aliphatic heterocycles. The first kappa shape index (κ1) is 11.2. The van der Waals surface area contributed by atoms with Crippen LogP contribution in [-0.2, 0) is 0 Å². The summed E-state index contributed by atoms with van der Waals surface area (Å²) in [7, 11) is 0. The smallest absolute Gasteiger partial charge is 0.252 e. The lowest BCUT2D eigenvalue weighted by Crippen LogP contribution is -2.22. The van der Waals surface area contributed by atoms with Gasteiger partial charge in [-0.2, -0.15) is 9.78 Å². The normalized spacial score (nSPS) is 12.0. The molecule has 0 amide bonds. The lowest BCUT2D eigenvalue weighted by Gasteiger charge is -2.11. The molecule has 0 saturated carbocycles. The molecule has 6 nitrogen and oxygen atoms in total. The molecule has 1 atom stereocenters. The summed E-state index contributed by atoms with van der Waals surface area (Å²) >= 11 is 0. The minimum absolute atomic E-state index is 0.0163. The number of rotatable bonds is 4. The van der Waals surface area contributed by atoms with Crippen molar-refractivity contribution in [3.05, 3.63) is 30.6 Å². The average Bonchev–Trinajstić information content (AvgIpc) is 2.86. The number of terminal acetylenes is 1. The third-order valence-corrected chi connectivity index (χ3v) is 2.21. The summed E-state index contributed by atoms with van der Waals surface area (Å²) in [6.07, 6.45) is 9.99. The summed E-state index contributed by atoms with van der Waals surface area (Å²) in [5.41, 5.74) is 0. The molecule has 2 aromatic rings. The molecule has 0 bridgehead atoms. The molecular weight excluding hydrogens is 216 g/mol. The molecule has 1 unspecified atom stereocenters. The van der Waals surface area contributed by atoms with Crippen molar-refractivity contribution in [3.63, 3.8) is 0 Å². The Bertz CT molecular complexity index is 512. The predicted octanol–water partition coefficient (Wildman–Crippen LogP) is 0.341. The molecule has 0 aliphatic rings. The van der Waals surface area contributed by atoms with E-state index in [-0.39, 0.29) is 6.04 Å². The molecule has 6 heteroatoms. The zero-order valence-corrected chi connectivity index (χ0v) is 9.41. The number of nitrogens with zero attached hydrogens (tertiary/aromatic N) is 5. The van der Waals surface area contributed by atoms with Gasteiger partial charge in [-0.25, -0.2) is 15.0 Å². The van der Waals surface area contributed by atoms with Crippen LogP contribution < -0.4 is 5.32 Å². The van der Waals surface area contributed by atoms with Crippen LogP contribution in [0, 0.1) is 12.3 Å². The van der Waals surface area contributed by atoms with Gasteiger partial charge in [0.2, 0.25) is 0 Å². The van der Waals surface area contributed by atoms with Crippen LogP contribution in [-0.4, -0.2) is 31.3 Å². The zero-order valence-electron chi connectivity index (χ0n) is 9.41. The van der Waals surface area contributed by atoms with E-state index >= 15 is 0 Å². The van der Waals surface area contributed by atoms with Crippen LogP contribution in [0.4, 0.5) is 0 Å². The summed E-state index contributed by atoms with van der Waals surface area (Å²) in [6, 6.07) is 1.73. The standard InChI is InChI=1S/C11H12N6/c1-3-5-12-9(2)10-15-8-16-17(10)11-13-6-4-7-14-11/h1,4,6-9,12H,5H2,2H3. The Hall–Kier alpha value is -2.26. The highest BCUT2D eigenvalue weighted by Crippen LogP contribution is 2.10. The first-order valence-electron chi connectivity index (χ1n) is 5.17. The van der Waals surface area contributed by atoms with Gasteiger partial charge in [0.1, 0.15) is 6.33 Å². The second kappa shape index (κ2) is 5.18. The maximum absolute atomic E-state index is 5.20. The van der Waals surface area contributed by atoms with E-state index in [0.717, 1.165) is 5.82 Å². The monoisotopic (exact) mass is 228 g/mol. The Morgan fingerprint density at radius 1 is 1.41 bits per heavy atom. The predicted molar refractivity (Wildman–Crippen MR) is 62.2 cm³/mol. The van der Waals surface area contributed by atoms with E-state index in [1.54, 1.807) is 23.1 Å². The van der Waals surface area contributed by atoms with Gasteiger partial charge in [-0.05, 0) is 13.0 Å². The van der Waals surface area contributed by atoms with Crippen LogP contribution in [0.15, 0.2) is 24.8 Å². The SMILES string of the molecule is C#CCNC(C)c1ncnn1-c1ncccn1. The van der Waals surface area contributed by atoms with Crippen molar-refractivity contribution in [3.8, 4) is 18.3 Å². The van der Waals surface area contributed by atoms with Gasteiger partial charge < -0.3 is 0 Å². The summed E-state index contributed by atoms with van der Waals surface area (Å²) in [4.78, 5) is 12.4. The molecule has 0 saturated heterocycles. The van der Waals surface area contributed by atoms with E-state index in [1.807, 2.05) is 6.92 Å². The second-order valence-electron chi connectivity index (χ2n) is 3.39. The van der Waals surface area contributed by atoms with Crippen molar-refractivity contribution in [2.45, 2.75) is 13.0 Å². The molecule has 17 heavy (non-hydrogen) atoms. The Morgan fingerprint density at radius 2 is 2.18 bits per heavy atom. The van der Waals surface area contributed by atoms with Gasteiger partial charge in [-0.1, -0.05) is 5.92 Å². The van der Waals surface area contributed by atoms with E-state index < -0.39 is 0 Å². The lowest BCUT2D eigenvalue weighted by molar-refractivity contribution is 0.562. The molecule has 0 aromatic carbocycles. The fraction of sp³-hybridized carbons (Fsp3) is 0.273. The summed E-state index contributed by atoms with van der Waals surface area (Å²) in [5.74, 6) is 3.74. The van der Waals surface area contributed by atoms with E-state index in [0.29, 0.717) is 12.5 Å². The Labute approximate surface area is 99.1 Å². The van der Waals surface area contributed by atoms with Crippen LogP contribution in [0.3, 0.4) is 0 Å². The van der Waals surface area contributed by atoms with Gasteiger partial charge in [0.25, 0.3) is 5.95 Å². The lowest BCUT2D eigenvalue weighted by atomic mass is 10.3. The quantitative estimate of drug-likeness (QED) is 0.764. The second-order valence-corrected chi connectivity index (χ2v) is 3.39. The van der Waals surface area contributed by atoms with Crippen molar-refractivity contribution in [2.24, 2.45) is 0 Å². The van der Waals surface area contributed by atoms with Crippen molar-refractivity contribution >= 4 is 0 Å². The number of hydrogen-bond acceptors (Lipinski definition) is 5. The van der Waals surface area contributed by atoms with Crippen LogP contribution >= 0.6 is 0 Å². The van der Waals surface area contributed by atoms with Crippen LogP contribution in [0.2, 0.25) is 0 Å². The minimum Gasteiger partial charge on any atom is -0.297 e. The third kappa shape index (κ3) is 2.46. The fourth-order valence-corrected chi connectivity index (χ4v) is 1.40. The van der Waals surface area contributed by atoms with Crippen molar-refractivity contribution in [2.75, 3.05) is 6.54 Å². The molecule has 0 spiro atoms. The Balaban J connectivity index is 2.26. The van der Waals surface area contributed by atoms with Gasteiger partial charge in [0, 0.05) is 12.4 Å². The molecular formula is C11H12N6. The summed E-state index contributed by atoms with van der Waals surface area (Å²) in [5, 5.41) is 7.23. The van der Waals surface area contributed by atoms with Crippen molar-refractivity contribution in [1.82, 2.24) is 30.0 Å². The maximum Gasteiger partial charge on any atom is 0.252 e. The topological polar surface area (TPSA) is 68.5 Å². The van der Waals surface area contributed by atoms with Crippen LogP contribution in [0.25, 0.3) is 5.95 Å².